The first-order valence-electron chi connectivity index (χ1n) is 10.9. The van der Waals surface area contributed by atoms with Crippen molar-refractivity contribution in [3.8, 4) is 22.8 Å². The zero-order valence-corrected chi connectivity index (χ0v) is 18.5. The van der Waals surface area contributed by atoms with Crippen LogP contribution in [0.1, 0.15) is 36.6 Å². The third-order valence-corrected chi connectivity index (χ3v) is 6.32. The minimum Gasteiger partial charge on any atom is -0.480 e. The van der Waals surface area contributed by atoms with Gasteiger partial charge in [0.1, 0.15) is 0 Å². The van der Waals surface area contributed by atoms with Crippen LogP contribution in [0.5, 0.6) is 0 Å². The maximum atomic E-state index is 11.0. The Hall–Kier alpha value is -3.45. The van der Waals surface area contributed by atoms with Crippen LogP contribution in [0.4, 0.5) is 0 Å². The number of hydrogen-bond donors (Lipinski definition) is 1. The summed E-state index contributed by atoms with van der Waals surface area (Å²) in [7, 11) is 0. The zero-order valence-electron chi connectivity index (χ0n) is 18.5. The van der Waals surface area contributed by atoms with E-state index < -0.39 is 5.97 Å². The van der Waals surface area contributed by atoms with Gasteiger partial charge in [-0.25, -0.2) is 0 Å². The standard InChI is InChI=1S/C25H26N4O3/c1-15(2)29-11-8-17-12-18(5-7-22(17)29)25-26-24(27-32-25)21-6-4-19-13-28(14-23(30)31)10-9-20(19)16(21)3/h4-8,11-12,15H,9-10,13-14H2,1-3H3,(H,30,31). The lowest BCUT2D eigenvalue weighted by Crippen LogP contribution is -2.35. The molecule has 32 heavy (non-hydrogen) atoms. The molecule has 3 heterocycles. The first-order chi connectivity index (χ1) is 15.4. The third-order valence-electron chi connectivity index (χ3n) is 6.32. The predicted molar refractivity (Wildman–Crippen MR) is 122 cm³/mol. The van der Waals surface area contributed by atoms with Crippen molar-refractivity contribution < 1.29 is 14.4 Å². The zero-order chi connectivity index (χ0) is 22.4. The van der Waals surface area contributed by atoms with Gasteiger partial charge < -0.3 is 14.2 Å². The van der Waals surface area contributed by atoms with Crippen molar-refractivity contribution in [2.24, 2.45) is 0 Å². The SMILES string of the molecule is Cc1c(-c2noc(-c3ccc4c(ccn4C(C)C)c3)n2)ccc2c1CCN(CC(=O)O)C2. The molecule has 0 saturated heterocycles. The van der Waals surface area contributed by atoms with Crippen LogP contribution >= 0.6 is 0 Å². The Bertz CT molecular complexity index is 1320. The molecule has 0 fully saturated rings. The van der Waals surface area contributed by atoms with Crippen LogP contribution in [0.2, 0.25) is 0 Å². The molecule has 2 aromatic carbocycles. The molecule has 4 aromatic rings. The van der Waals surface area contributed by atoms with Gasteiger partial charge in [-0.05, 0) is 68.1 Å². The van der Waals surface area contributed by atoms with Crippen molar-refractivity contribution >= 4 is 16.9 Å². The first-order valence-corrected chi connectivity index (χ1v) is 10.9. The largest absolute Gasteiger partial charge is 0.480 e. The van der Waals surface area contributed by atoms with Crippen LogP contribution in [0.25, 0.3) is 33.7 Å². The number of nitrogens with zero attached hydrogens (tertiary/aromatic N) is 4. The summed E-state index contributed by atoms with van der Waals surface area (Å²) in [6.45, 7) is 7.87. The third kappa shape index (κ3) is 3.58. The summed E-state index contributed by atoms with van der Waals surface area (Å²) in [4.78, 5) is 17.7. The minimum absolute atomic E-state index is 0.0688. The van der Waals surface area contributed by atoms with Crippen molar-refractivity contribution in [1.29, 1.82) is 0 Å². The molecule has 0 bridgehead atoms. The fourth-order valence-electron chi connectivity index (χ4n) is 4.66. The second kappa shape index (κ2) is 7.91. The highest BCUT2D eigenvalue weighted by Gasteiger charge is 2.22. The van der Waals surface area contributed by atoms with E-state index in [2.05, 4.69) is 61.0 Å². The second-order valence-corrected chi connectivity index (χ2v) is 8.74. The Morgan fingerprint density at radius 1 is 1.22 bits per heavy atom. The van der Waals surface area contributed by atoms with Crippen molar-refractivity contribution in [3.05, 3.63) is 59.3 Å². The van der Waals surface area contributed by atoms with E-state index >= 15 is 0 Å². The highest BCUT2D eigenvalue weighted by Crippen LogP contribution is 2.32. The summed E-state index contributed by atoms with van der Waals surface area (Å²) in [5.74, 6) is 0.289. The van der Waals surface area contributed by atoms with Crippen molar-refractivity contribution in [2.45, 2.75) is 39.8 Å². The molecule has 0 atom stereocenters. The fourth-order valence-corrected chi connectivity index (χ4v) is 4.66. The Labute approximate surface area is 186 Å². The number of aliphatic carboxylic acids is 1. The van der Waals surface area contributed by atoms with E-state index in [1.165, 1.54) is 16.6 Å². The van der Waals surface area contributed by atoms with E-state index in [4.69, 9.17) is 14.6 Å². The highest BCUT2D eigenvalue weighted by molar-refractivity contribution is 5.84. The van der Waals surface area contributed by atoms with E-state index in [0.717, 1.165) is 35.0 Å². The molecule has 5 rings (SSSR count). The van der Waals surface area contributed by atoms with E-state index in [1.807, 2.05) is 17.0 Å². The molecular weight excluding hydrogens is 404 g/mol. The minimum atomic E-state index is -0.792. The molecule has 164 valence electrons. The molecule has 1 aliphatic rings. The molecule has 0 radical (unpaired) electrons. The van der Waals surface area contributed by atoms with Gasteiger partial charge in [-0.15, -0.1) is 0 Å². The van der Waals surface area contributed by atoms with Crippen LogP contribution in [0.3, 0.4) is 0 Å². The molecule has 1 aliphatic heterocycles. The molecule has 0 spiro atoms. The number of rotatable bonds is 5. The quantitative estimate of drug-likeness (QED) is 0.494. The molecule has 7 heteroatoms. The van der Waals surface area contributed by atoms with Gasteiger partial charge >= 0.3 is 5.97 Å². The van der Waals surface area contributed by atoms with E-state index in [1.54, 1.807) is 0 Å². The molecule has 1 N–H and O–H groups in total. The van der Waals surface area contributed by atoms with E-state index in [-0.39, 0.29) is 6.54 Å². The Morgan fingerprint density at radius 3 is 2.84 bits per heavy atom. The number of aromatic nitrogens is 3. The topological polar surface area (TPSA) is 84.4 Å². The lowest BCUT2D eigenvalue weighted by molar-refractivity contribution is -0.138. The lowest BCUT2D eigenvalue weighted by atomic mass is 9.91. The van der Waals surface area contributed by atoms with Gasteiger partial charge in [0.05, 0.1) is 6.54 Å². The summed E-state index contributed by atoms with van der Waals surface area (Å²) >= 11 is 0. The Balaban J connectivity index is 1.44. The average molecular weight is 431 g/mol. The van der Waals surface area contributed by atoms with Crippen LogP contribution in [-0.4, -0.2) is 43.8 Å². The monoisotopic (exact) mass is 430 g/mol. The van der Waals surface area contributed by atoms with Gasteiger partial charge in [-0.1, -0.05) is 17.3 Å². The van der Waals surface area contributed by atoms with Gasteiger partial charge in [0.2, 0.25) is 5.82 Å². The summed E-state index contributed by atoms with van der Waals surface area (Å²) in [5, 5.41) is 14.5. The van der Waals surface area contributed by atoms with Gasteiger partial charge in [-0.3, -0.25) is 9.69 Å². The van der Waals surface area contributed by atoms with Gasteiger partial charge in [0.25, 0.3) is 5.89 Å². The Morgan fingerprint density at radius 2 is 2.06 bits per heavy atom. The number of hydrogen-bond acceptors (Lipinski definition) is 5. The van der Waals surface area contributed by atoms with Crippen LogP contribution < -0.4 is 0 Å². The second-order valence-electron chi connectivity index (χ2n) is 8.74. The van der Waals surface area contributed by atoms with Crippen molar-refractivity contribution in [2.75, 3.05) is 13.1 Å². The molecule has 0 saturated carbocycles. The number of benzene rings is 2. The normalized spacial score (nSPS) is 14.2. The fraction of sp³-hybridized carbons (Fsp3) is 0.320. The number of carboxylic acid groups (broad SMARTS) is 1. The molecule has 0 aliphatic carbocycles. The molecule has 7 nitrogen and oxygen atoms in total. The average Bonchev–Trinajstić information content (AvgIpc) is 3.40. The highest BCUT2D eigenvalue weighted by atomic mass is 16.5. The first kappa shape index (κ1) is 20.5. The lowest BCUT2D eigenvalue weighted by Gasteiger charge is -2.28. The van der Waals surface area contributed by atoms with E-state index in [9.17, 15) is 4.79 Å². The molecule has 0 amide bonds. The van der Waals surface area contributed by atoms with Crippen LogP contribution in [0, 0.1) is 6.92 Å². The van der Waals surface area contributed by atoms with E-state index in [0.29, 0.717) is 24.3 Å². The Kier molecular flexibility index (Phi) is 5.06. The van der Waals surface area contributed by atoms with Crippen molar-refractivity contribution in [3.63, 3.8) is 0 Å². The number of fused-ring (bicyclic) bond motifs is 2. The van der Waals surface area contributed by atoms with Crippen LogP contribution in [-0.2, 0) is 17.8 Å². The summed E-state index contributed by atoms with van der Waals surface area (Å²) in [5.41, 5.74) is 6.60. The van der Waals surface area contributed by atoms with Crippen LogP contribution in [0.15, 0.2) is 47.1 Å². The maximum Gasteiger partial charge on any atom is 0.317 e. The molecule has 0 unspecified atom stereocenters. The number of carbonyl (C=O) groups is 1. The summed E-state index contributed by atoms with van der Waals surface area (Å²) in [6, 6.07) is 12.8. The van der Waals surface area contributed by atoms with Gasteiger partial charge in [0.15, 0.2) is 0 Å². The molecule has 2 aromatic heterocycles. The van der Waals surface area contributed by atoms with Crippen molar-refractivity contribution in [1.82, 2.24) is 19.6 Å². The smallest absolute Gasteiger partial charge is 0.317 e. The predicted octanol–water partition coefficient (Wildman–Crippen LogP) is 4.69. The number of carboxylic acids is 1. The summed E-state index contributed by atoms with van der Waals surface area (Å²) in [6.07, 6.45) is 2.92. The summed E-state index contributed by atoms with van der Waals surface area (Å²) < 4.78 is 7.87. The molecular formula is C25H26N4O3. The van der Waals surface area contributed by atoms with Gasteiger partial charge in [-0.2, -0.15) is 4.98 Å². The van der Waals surface area contributed by atoms with Gasteiger partial charge in [0, 0.05) is 47.4 Å². The maximum absolute atomic E-state index is 11.0.